The Hall–Kier alpha value is -1.93. The first-order valence-electron chi connectivity index (χ1n) is 8.98. The van der Waals surface area contributed by atoms with Gasteiger partial charge in [0.1, 0.15) is 4.70 Å². The van der Waals surface area contributed by atoms with Crippen molar-refractivity contribution < 1.29 is 4.57 Å². The minimum atomic E-state index is 1.08. The molecule has 2 heteroatoms. The van der Waals surface area contributed by atoms with Gasteiger partial charge < -0.3 is 0 Å². The quantitative estimate of drug-likeness (QED) is 0.328. The zero-order valence-corrected chi connectivity index (χ0v) is 15.3. The standard InChI is InChI=1S/C22H26NS/c1-3-5-6-7-11-17-23-21(4-2)24-20-16-12-15-19(22(20)23)18-13-9-8-10-14-18/h4,8-10,12-16H,2-3,5-7,11,17H2,1H3/q+1. The van der Waals surface area contributed by atoms with Gasteiger partial charge >= 0.3 is 0 Å². The van der Waals surface area contributed by atoms with Crippen LogP contribution < -0.4 is 4.57 Å². The Morgan fingerprint density at radius 3 is 2.50 bits per heavy atom. The van der Waals surface area contributed by atoms with Crippen molar-refractivity contribution >= 4 is 27.6 Å². The van der Waals surface area contributed by atoms with Crippen LogP contribution in [-0.2, 0) is 6.54 Å². The van der Waals surface area contributed by atoms with Crippen LogP contribution in [0.25, 0.3) is 27.4 Å². The van der Waals surface area contributed by atoms with Crippen molar-refractivity contribution in [2.24, 2.45) is 0 Å². The molecule has 0 aliphatic heterocycles. The molecule has 0 unspecified atom stereocenters. The van der Waals surface area contributed by atoms with Gasteiger partial charge in [0.25, 0.3) is 5.01 Å². The van der Waals surface area contributed by atoms with Crippen molar-refractivity contribution in [1.29, 1.82) is 0 Å². The van der Waals surface area contributed by atoms with E-state index in [0.29, 0.717) is 0 Å². The van der Waals surface area contributed by atoms with Crippen LogP contribution in [0.5, 0.6) is 0 Å². The fourth-order valence-electron chi connectivity index (χ4n) is 3.26. The van der Waals surface area contributed by atoms with E-state index < -0.39 is 0 Å². The third-order valence-electron chi connectivity index (χ3n) is 4.49. The maximum absolute atomic E-state index is 4.04. The van der Waals surface area contributed by atoms with Gasteiger partial charge in [-0.15, -0.1) is 0 Å². The number of para-hydroxylation sites is 1. The van der Waals surface area contributed by atoms with E-state index in [2.05, 4.69) is 66.6 Å². The largest absolute Gasteiger partial charge is 0.262 e. The minimum Gasteiger partial charge on any atom is -0.182 e. The second-order valence-electron chi connectivity index (χ2n) is 6.23. The molecule has 3 aromatic rings. The monoisotopic (exact) mass is 336 g/mol. The third kappa shape index (κ3) is 3.59. The molecule has 0 amide bonds. The van der Waals surface area contributed by atoms with E-state index in [1.165, 1.54) is 58.5 Å². The van der Waals surface area contributed by atoms with Gasteiger partial charge in [0.05, 0.1) is 5.56 Å². The van der Waals surface area contributed by atoms with Crippen LogP contribution in [0, 0.1) is 0 Å². The lowest BCUT2D eigenvalue weighted by Crippen LogP contribution is -2.35. The number of rotatable bonds is 8. The fourth-order valence-corrected chi connectivity index (χ4v) is 4.32. The molecule has 0 N–H and O–H groups in total. The normalized spacial score (nSPS) is 11.0. The summed E-state index contributed by atoms with van der Waals surface area (Å²) < 4.78 is 3.82. The van der Waals surface area contributed by atoms with Crippen LogP contribution in [0.1, 0.15) is 44.0 Å². The summed E-state index contributed by atoms with van der Waals surface area (Å²) in [5.74, 6) is 0. The van der Waals surface area contributed by atoms with Crippen LogP contribution in [0.2, 0.25) is 0 Å². The average molecular weight is 337 g/mol. The molecule has 1 heterocycles. The highest BCUT2D eigenvalue weighted by Gasteiger charge is 2.21. The Kier molecular flexibility index (Phi) is 5.81. The summed E-state index contributed by atoms with van der Waals surface area (Å²) in [6, 6.07) is 17.3. The number of benzene rings is 2. The molecule has 0 fully saturated rings. The van der Waals surface area contributed by atoms with Crippen molar-refractivity contribution in [1.82, 2.24) is 0 Å². The van der Waals surface area contributed by atoms with Gasteiger partial charge in [0, 0.05) is 12.5 Å². The summed E-state index contributed by atoms with van der Waals surface area (Å²) in [7, 11) is 0. The fraction of sp³-hybridized carbons (Fsp3) is 0.318. The smallest absolute Gasteiger partial charge is 0.182 e. The summed E-state index contributed by atoms with van der Waals surface area (Å²) in [6.45, 7) is 7.38. The molecule has 1 aromatic heterocycles. The van der Waals surface area contributed by atoms with Crippen LogP contribution in [-0.4, -0.2) is 0 Å². The van der Waals surface area contributed by atoms with E-state index in [4.69, 9.17) is 0 Å². The first-order valence-corrected chi connectivity index (χ1v) is 9.80. The second kappa shape index (κ2) is 8.25. The first-order chi connectivity index (χ1) is 11.8. The summed E-state index contributed by atoms with van der Waals surface area (Å²) >= 11 is 1.85. The van der Waals surface area contributed by atoms with Crippen molar-refractivity contribution in [2.75, 3.05) is 0 Å². The highest BCUT2D eigenvalue weighted by molar-refractivity contribution is 7.18. The third-order valence-corrected chi connectivity index (χ3v) is 5.64. The molecule has 0 bridgehead atoms. The number of hydrogen-bond acceptors (Lipinski definition) is 1. The summed E-state index contributed by atoms with van der Waals surface area (Å²) in [5, 5.41) is 1.27. The van der Waals surface area contributed by atoms with Crippen molar-refractivity contribution in [3.05, 3.63) is 60.1 Å². The molecule has 0 radical (unpaired) electrons. The predicted molar refractivity (Wildman–Crippen MR) is 106 cm³/mol. The second-order valence-corrected chi connectivity index (χ2v) is 7.29. The summed E-state index contributed by atoms with van der Waals surface area (Å²) in [5.41, 5.74) is 3.97. The molecule has 0 aliphatic rings. The van der Waals surface area contributed by atoms with Crippen molar-refractivity contribution in [2.45, 2.75) is 45.6 Å². The SMILES string of the molecule is C=Cc1sc2cccc(-c3ccccc3)c2[n+]1CCCCCCC. The van der Waals surface area contributed by atoms with Gasteiger partial charge in [0.2, 0.25) is 5.52 Å². The lowest BCUT2D eigenvalue weighted by Gasteiger charge is -2.03. The molecule has 3 rings (SSSR count). The lowest BCUT2D eigenvalue weighted by molar-refractivity contribution is -0.669. The van der Waals surface area contributed by atoms with Gasteiger partial charge in [-0.3, -0.25) is 0 Å². The minimum absolute atomic E-state index is 1.08. The summed E-state index contributed by atoms with van der Waals surface area (Å²) in [6.07, 6.45) is 8.53. The Labute approximate surface area is 149 Å². The Morgan fingerprint density at radius 2 is 1.75 bits per heavy atom. The maximum atomic E-state index is 4.04. The van der Waals surface area contributed by atoms with Crippen molar-refractivity contribution in [3.63, 3.8) is 0 Å². The van der Waals surface area contributed by atoms with E-state index >= 15 is 0 Å². The van der Waals surface area contributed by atoms with E-state index in [0.717, 1.165) is 6.54 Å². The zero-order chi connectivity index (χ0) is 16.8. The van der Waals surface area contributed by atoms with Gasteiger partial charge in [0.15, 0.2) is 6.54 Å². The lowest BCUT2D eigenvalue weighted by atomic mass is 10.0. The predicted octanol–water partition coefficient (Wildman–Crippen LogP) is 6.47. The van der Waals surface area contributed by atoms with Crippen LogP contribution in [0.4, 0.5) is 0 Å². The Bertz CT molecular complexity index is 801. The first kappa shape index (κ1) is 16.9. The van der Waals surface area contributed by atoms with E-state index in [1.807, 2.05) is 17.4 Å². The number of aryl methyl sites for hydroxylation is 1. The number of nitrogens with zero attached hydrogens (tertiary/aromatic N) is 1. The molecule has 0 atom stereocenters. The Morgan fingerprint density at radius 1 is 0.958 bits per heavy atom. The highest BCUT2D eigenvalue weighted by atomic mass is 32.1. The van der Waals surface area contributed by atoms with Crippen LogP contribution in [0.3, 0.4) is 0 Å². The zero-order valence-electron chi connectivity index (χ0n) is 14.5. The average Bonchev–Trinajstić information content (AvgIpc) is 3.00. The molecule has 24 heavy (non-hydrogen) atoms. The number of thiazole rings is 1. The van der Waals surface area contributed by atoms with Crippen LogP contribution >= 0.6 is 11.3 Å². The molecule has 0 aliphatic carbocycles. The topological polar surface area (TPSA) is 3.88 Å². The van der Waals surface area contributed by atoms with Crippen LogP contribution in [0.15, 0.2) is 55.1 Å². The number of fused-ring (bicyclic) bond motifs is 1. The van der Waals surface area contributed by atoms with E-state index in [1.54, 1.807) is 0 Å². The number of unbranched alkanes of at least 4 members (excludes halogenated alkanes) is 4. The van der Waals surface area contributed by atoms with E-state index in [-0.39, 0.29) is 0 Å². The van der Waals surface area contributed by atoms with Gasteiger partial charge in [-0.05, 0) is 24.1 Å². The molecular formula is C22H26NS+. The Balaban J connectivity index is 1.98. The number of hydrogen-bond donors (Lipinski definition) is 0. The molecule has 2 aromatic carbocycles. The van der Waals surface area contributed by atoms with Crippen molar-refractivity contribution in [3.8, 4) is 11.1 Å². The van der Waals surface area contributed by atoms with E-state index in [9.17, 15) is 0 Å². The molecular weight excluding hydrogens is 310 g/mol. The van der Waals surface area contributed by atoms with Gasteiger partial charge in [-0.2, -0.15) is 4.57 Å². The van der Waals surface area contributed by atoms with Gasteiger partial charge in [-0.1, -0.05) is 80.5 Å². The molecule has 0 saturated carbocycles. The molecule has 0 spiro atoms. The van der Waals surface area contributed by atoms with Gasteiger partial charge in [-0.25, -0.2) is 0 Å². The molecule has 1 nitrogen and oxygen atoms in total. The molecule has 124 valence electrons. The maximum Gasteiger partial charge on any atom is 0.262 e. The summed E-state index contributed by atoms with van der Waals surface area (Å²) in [4.78, 5) is 0. The highest BCUT2D eigenvalue weighted by Crippen LogP contribution is 2.31. The number of aromatic nitrogens is 1. The molecule has 0 saturated heterocycles.